The van der Waals surface area contributed by atoms with Gasteiger partial charge in [0.25, 0.3) is 0 Å². The monoisotopic (exact) mass is 373 g/mol. The van der Waals surface area contributed by atoms with Crippen LogP contribution in [0.1, 0.15) is 30.5 Å². The highest BCUT2D eigenvalue weighted by Crippen LogP contribution is 2.35. The van der Waals surface area contributed by atoms with Crippen molar-refractivity contribution in [1.29, 1.82) is 0 Å². The number of ether oxygens (including phenoxy) is 1. The van der Waals surface area contributed by atoms with Crippen molar-refractivity contribution in [2.24, 2.45) is 0 Å². The summed E-state index contributed by atoms with van der Waals surface area (Å²) < 4.78 is 5.55. The third-order valence-electron chi connectivity index (χ3n) is 5.16. The van der Waals surface area contributed by atoms with E-state index in [1.807, 2.05) is 31.3 Å². The number of rotatable bonds is 7. The van der Waals surface area contributed by atoms with E-state index >= 15 is 0 Å². The molecule has 1 aliphatic rings. The molecule has 1 aliphatic heterocycles. The lowest BCUT2D eigenvalue weighted by molar-refractivity contribution is 0.340. The third kappa shape index (κ3) is 3.96. The van der Waals surface area contributed by atoms with E-state index in [-0.39, 0.29) is 0 Å². The molecule has 0 spiro atoms. The van der Waals surface area contributed by atoms with Crippen LogP contribution in [0.5, 0.6) is 5.75 Å². The molecule has 2 heterocycles. The van der Waals surface area contributed by atoms with Crippen LogP contribution >= 0.6 is 0 Å². The third-order valence-corrected chi connectivity index (χ3v) is 5.16. The maximum Gasteiger partial charge on any atom is 0.153 e. The second kappa shape index (κ2) is 8.34. The van der Waals surface area contributed by atoms with Gasteiger partial charge in [-0.2, -0.15) is 0 Å². The summed E-state index contributed by atoms with van der Waals surface area (Å²) in [6, 6.07) is 21.5. The number of aromatic nitrogens is 1. The topological polar surface area (TPSA) is 28.6 Å². The second-order valence-corrected chi connectivity index (χ2v) is 7.13. The Labute approximate surface area is 167 Å². The van der Waals surface area contributed by atoms with E-state index in [4.69, 9.17) is 4.74 Å². The molecular weight excluding hydrogens is 346 g/mol. The average Bonchev–Trinajstić information content (AvgIpc) is 3.08. The molecule has 0 unspecified atom stereocenters. The average molecular weight is 374 g/mol. The number of hydrogen-bond acceptors (Lipinski definition) is 4. The number of anilines is 2. The summed E-state index contributed by atoms with van der Waals surface area (Å²) in [6.07, 6.45) is 2.95. The second-order valence-electron chi connectivity index (χ2n) is 7.13. The number of hydrogen-bond donors (Lipinski definition) is 0. The lowest BCUT2D eigenvalue weighted by atomic mass is 10.1. The fourth-order valence-corrected chi connectivity index (χ4v) is 3.67. The molecule has 144 valence electrons. The quantitative estimate of drug-likeness (QED) is 0.581. The molecule has 0 radical (unpaired) electrons. The summed E-state index contributed by atoms with van der Waals surface area (Å²) in [6.45, 7) is 7.46. The molecule has 0 aliphatic carbocycles. The van der Waals surface area contributed by atoms with Crippen molar-refractivity contribution in [3.8, 4) is 5.75 Å². The van der Waals surface area contributed by atoms with Crippen LogP contribution in [0.15, 0.2) is 66.9 Å². The molecule has 2 aromatic carbocycles. The zero-order valence-electron chi connectivity index (χ0n) is 16.6. The molecule has 0 N–H and O–H groups in total. The summed E-state index contributed by atoms with van der Waals surface area (Å²) >= 11 is 0. The lowest BCUT2D eigenvalue weighted by Crippen LogP contribution is -2.30. The van der Waals surface area contributed by atoms with Gasteiger partial charge in [-0.25, -0.2) is 4.98 Å². The van der Waals surface area contributed by atoms with Crippen molar-refractivity contribution >= 4 is 11.5 Å². The summed E-state index contributed by atoms with van der Waals surface area (Å²) in [5.74, 6) is 1.98. The van der Waals surface area contributed by atoms with Crippen LogP contribution in [0, 0.1) is 0 Å². The Kier molecular flexibility index (Phi) is 5.47. The molecule has 4 heteroatoms. The molecular formula is C24H27N3O. The molecule has 28 heavy (non-hydrogen) atoms. The van der Waals surface area contributed by atoms with Gasteiger partial charge in [-0.1, -0.05) is 43.3 Å². The van der Waals surface area contributed by atoms with Gasteiger partial charge >= 0.3 is 0 Å². The summed E-state index contributed by atoms with van der Waals surface area (Å²) in [5, 5.41) is 0. The fraction of sp³-hybridized carbons (Fsp3) is 0.292. The molecule has 0 fully saturated rings. The van der Waals surface area contributed by atoms with Crippen LogP contribution in [-0.2, 0) is 19.5 Å². The van der Waals surface area contributed by atoms with Crippen LogP contribution in [0.4, 0.5) is 11.5 Å². The number of pyridine rings is 1. The first-order chi connectivity index (χ1) is 13.8. The molecule has 0 saturated carbocycles. The molecule has 0 bridgehead atoms. The molecule has 0 atom stereocenters. The van der Waals surface area contributed by atoms with E-state index < -0.39 is 0 Å². The van der Waals surface area contributed by atoms with E-state index in [1.54, 1.807) is 0 Å². The van der Waals surface area contributed by atoms with E-state index in [1.165, 1.54) is 22.4 Å². The standard InChI is InChI=1S/C24H27N3O/c1-3-19-7-9-20(10-8-19)16-26-18-27(24-23(26)6-5-15-25-24)17-21-11-13-22(14-12-21)28-4-2/h5-15H,3-4,16-18H2,1-2H3. The van der Waals surface area contributed by atoms with E-state index in [9.17, 15) is 0 Å². The number of aryl methyl sites for hydroxylation is 1. The van der Waals surface area contributed by atoms with Crippen LogP contribution < -0.4 is 14.5 Å². The Balaban J connectivity index is 1.50. The maximum absolute atomic E-state index is 5.55. The van der Waals surface area contributed by atoms with Crippen LogP contribution in [0.2, 0.25) is 0 Å². The highest BCUT2D eigenvalue weighted by Gasteiger charge is 2.26. The first-order valence-corrected chi connectivity index (χ1v) is 10.0. The number of fused-ring (bicyclic) bond motifs is 1. The summed E-state index contributed by atoms with van der Waals surface area (Å²) in [7, 11) is 0. The largest absolute Gasteiger partial charge is 0.494 e. The van der Waals surface area contributed by atoms with Gasteiger partial charge in [0.15, 0.2) is 5.82 Å². The first kappa shape index (κ1) is 18.4. The van der Waals surface area contributed by atoms with Crippen molar-refractivity contribution in [2.75, 3.05) is 23.1 Å². The normalized spacial score (nSPS) is 12.9. The van der Waals surface area contributed by atoms with Crippen molar-refractivity contribution in [1.82, 2.24) is 4.98 Å². The predicted octanol–water partition coefficient (Wildman–Crippen LogP) is 5.03. The zero-order chi connectivity index (χ0) is 19.3. The maximum atomic E-state index is 5.55. The Morgan fingerprint density at radius 1 is 0.821 bits per heavy atom. The lowest BCUT2D eigenvalue weighted by Gasteiger charge is -2.21. The SMILES string of the molecule is CCOc1ccc(CN2CN(Cc3ccc(CC)cc3)c3cccnc32)cc1. The molecule has 4 rings (SSSR count). The molecule has 0 saturated heterocycles. The van der Waals surface area contributed by atoms with Gasteiger partial charge in [0.1, 0.15) is 5.75 Å². The summed E-state index contributed by atoms with van der Waals surface area (Å²) in [5.41, 5.74) is 5.17. The van der Waals surface area contributed by atoms with Gasteiger partial charge in [-0.15, -0.1) is 0 Å². The molecule has 0 amide bonds. The van der Waals surface area contributed by atoms with Crippen molar-refractivity contribution in [3.05, 3.63) is 83.6 Å². The predicted molar refractivity (Wildman–Crippen MR) is 115 cm³/mol. The Hall–Kier alpha value is -3.01. The molecule has 3 aromatic rings. The van der Waals surface area contributed by atoms with Gasteiger partial charge in [0.2, 0.25) is 0 Å². The van der Waals surface area contributed by atoms with Crippen LogP contribution in [0.3, 0.4) is 0 Å². The minimum Gasteiger partial charge on any atom is -0.494 e. The van der Waals surface area contributed by atoms with Gasteiger partial charge in [-0.05, 0) is 54.3 Å². The van der Waals surface area contributed by atoms with Gasteiger partial charge in [0, 0.05) is 19.3 Å². The first-order valence-electron chi connectivity index (χ1n) is 10.0. The van der Waals surface area contributed by atoms with E-state index in [0.29, 0.717) is 6.61 Å². The van der Waals surface area contributed by atoms with E-state index in [2.05, 4.69) is 64.2 Å². The Bertz CT molecular complexity index is 906. The van der Waals surface area contributed by atoms with Crippen molar-refractivity contribution in [2.45, 2.75) is 33.4 Å². The van der Waals surface area contributed by atoms with Crippen molar-refractivity contribution in [3.63, 3.8) is 0 Å². The number of nitrogens with zero attached hydrogens (tertiary/aromatic N) is 3. The summed E-state index contributed by atoms with van der Waals surface area (Å²) in [4.78, 5) is 9.40. The highest BCUT2D eigenvalue weighted by molar-refractivity contribution is 5.72. The minimum atomic E-state index is 0.691. The van der Waals surface area contributed by atoms with Gasteiger partial charge in [-0.3, -0.25) is 0 Å². The fourth-order valence-electron chi connectivity index (χ4n) is 3.67. The van der Waals surface area contributed by atoms with Crippen molar-refractivity contribution < 1.29 is 4.74 Å². The Morgan fingerprint density at radius 3 is 2.14 bits per heavy atom. The Morgan fingerprint density at radius 2 is 1.46 bits per heavy atom. The number of benzene rings is 2. The molecule has 4 nitrogen and oxygen atoms in total. The molecule has 1 aromatic heterocycles. The highest BCUT2D eigenvalue weighted by atomic mass is 16.5. The zero-order valence-corrected chi connectivity index (χ0v) is 16.6. The van der Waals surface area contributed by atoms with E-state index in [0.717, 1.165) is 37.7 Å². The van der Waals surface area contributed by atoms with Crippen LogP contribution in [0.25, 0.3) is 0 Å². The van der Waals surface area contributed by atoms with Crippen LogP contribution in [-0.4, -0.2) is 18.3 Å². The minimum absolute atomic E-state index is 0.691. The van der Waals surface area contributed by atoms with Gasteiger partial charge < -0.3 is 14.5 Å². The van der Waals surface area contributed by atoms with Gasteiger partial charge in [0.05, 0.1) is 19.0 Å². The smallest absolute Gasteiger partial charge is 0.153 e.